The Hall–Kier alpha value is -2.97. The summed E-state index contributed by atoms with van der Waals surface area (Å²) in [6.45, 7) is 0.712. The number of carbonyl (C=O) groups is 1. The quantitative estimate of drug-likeness (QED) is 0.621. The number of hydrogen-bond acceptors (Lipinski definition) is 4. The van der Waals surface area contributed by atoms with Crippen LogP contribution in [-0.4, -0.2) is 41.7 Å². The summed E-state index contributed by atoms with van der Waals surface area (Å²) in [7, 11) is -3.53. The minimum atomic E-state index is -3.53. The van der Waals surface area contributed by atoms with Crippen molar-refractivity contribution in [3.8, 4) is 11.4 Å². The van der Waals surface area contributed by atoms with Gasteiger partial charge >= 0.3 is 0 Å². The van der Waals surface area contributed by atoms with Gasteiger partial charge in [-0.05, 0) is 79.6 Å². The largest absolute Gasteiger partial charge is 0.345 e. The summed E-state index contributed by atoms with van der Waals surface area (Å²) in [6.07, 6.45) is 7.56. The van der Waals surface area contributed by atoms with Crippen LogP contribution in [0.25, 0.3) is 11.4 Å². The second-order valence-corrected chi connectivity index (χ2v) is 10.4. The number of hydrogen-bond donors (Lipinski definition) is 2. The summed E-state index contributed by atoms with van der Waals surface area (Å²) >= 11 is 0. The van der Waals surface area contributed by atoms with Gasteiger partial charge in [0.05, 0.1) is 4.90 Å². The second-order valence-electron chi connectivity index (χ2n) is 8.47. The molecule has 7 nitrogen and oxygen atoms in total. The predicted octanol–water partition coefficient (Wildman–Crippen LogP) is 3.60. The van der Waals surface area contributed by atoms with Crippen LogP contribution in [-0.2, 0) is 27.7 Å². The monoisotopic (exact) mass is 450 g/mol. The number of rotatable bonds is 5. The molecule has 1 saturated heterocycles. The molecule has 8 heteroatoms. The highest BCUT2D eigenvalue weighted by atomic mass is 32.2. The fourth-order valence-electron chi connectivity index (χ4n) is 4.59. The maximum absolute atomic E-state index is 13.1. The lowest BCUT2D eigenvalue weighted by atomic mass is 9.97. The number of anilines is 1. The van der Waals surface area contributed by atoms with Crippen LogP contribution in [0.1, 0.15) is 30.4 Å². The molecule has 3 aromatic rings. The van der Waals surface area contributed by atoms with Crippen molar-refractivity contribution in [2.45, 2.75) is 37.0 Å². The smallest absolute Gasteiger partial charge is 0.243 e. The Balaban J connectivity index is 1.19. The van der Waals surface area contributed by atoms with E-state index in [9.17, 15) is 13.2 Å². The summed E-state index contributed by atoms with van der Waals surface area (Å²) < 4.78 is 27.7. The first kappa shape index (κ1) is 20.9. The normalized spacial score (nSPS) is 17.2. The maximum atomic E-state index is 13.1. The van der Waals surface area contributed by atoms with E-state index in [1.54, 1.807) is 18.5 Å². The minimum absolute atomic E-state index is 0.0645. The van der Waals surface area contributed by atoms with Gasteiger partial charge in [-0.15, -0.1) is 0 Å². The van der Waals surface area contributed by atoms with E-state index in [4.69, 9.17) is 0 Å². The number of benzene rings is 2. The third-order valence-electron chi connectivity index (χ3n) is 6.46. The first-order valence-corrected chi connectivity index (χ1v) is 12.5. The molecule has 166 valence electrons. The van der Waals surface area contributed by atoms with Gasteiger partial charge in [0.15, 0.2) is 0 Å². The number of piperidine rings is 1. The highest BCUT2D eigenvalue weighted by Gasteiger charge is 2.32. The van der Waals surface area contributed by atoms with Crippen molar-refractivity contribution in [3.63, 3.8) is 0 Å². The van der Waals surface area contributed by atoms with E-state index in [-0.39, 0.29) is 11.8 Å². The van der Waals surface area contributed by atoms with Gasteiger partial charge in [0.2, 0.25) is 15.9 Å². The van der Waals surface area contributed by atoms with Gasteiger partial charge in [-0.2, -0.15) is 4.31 Å². The topological polar surface area (TPSA) is 95.2 Å². The van der Waals surface area contributed by atoms with Crippen LogP contribution in [0.3, 0.4) is 0 Å². The van der Waals surface area contributed by atoms with Crippen LogP contribution in [0, 0.1) is 5.92 Å². The lowest BCUT2D eigenvalue weighted by molar-refractivity contribution is -0.120. The van der Waals surface area contributed by atoms with Gasteiger partial charge in [0, 0.05) is 42.7 Å². The van der Waals surface area contributed by atoms with Crippen molar-refractivity contribution in [3.05, 3.63) is 66.0 Å². The van der Waals surface area contributed by atoms with Crippen molar-refractivity contribution in [1.29, 1.82) is 0 Å². The highest BCUT2D eigenvalue weighted by molar-refractivity contribution is 7.89. The average molecular weight is 451 g/mol. The second kappa shape index (κ2) is 8.52. The van der Waals surface area contributed by atoms with Gasteiger partial charge in [-0.1, -0.05) is 6.07 Å². The first-order chi connectivity index (χ1) is 15.5. The number of fused-ring (bicyclic) bond motifs is 1. The van der Waals surface area contributed by atoms with Gasteiger partial charge in [-0.3, -0.25) is 4.79 Å². The zero-order valence-corrected chi connectivity index (χ0v) is 18.6. The summed E-state index contributed by atoms with van der Waals surface area (Å²) in [5.41, 5.74) is 4.08. The van der Waals surface area contributed by atoms with E-state index < -0.39 is 10.0 Å². The number of amides is 1. The number of aromatic nitrogens is 2. The van der Waals surface area contributed by atoms with Gasteiger partial charge in [0.1, 0.15) is 5.82 Å². The van der Waals surface area contributed by atoms with E-state index in [0.717, 1.165) is 41.9 Å². The molecule has 0 saturated carbocycles. The van der Waals surface area contributed by atoms with E-state index >= 15 is 0 Å². The highest BCUT2D eigenvalue weighted by Crippen LogP contribution is 2.29. The van der Waals surface area contributed by atoms with Crippen LogP contribution < -0.4 is 5.32 Å². The molecule has 1 fully saturated rings. The van der Waals surface area contributed by atoms with Crippen molar-refractivity contribution in [2.24, 2.45) is 5.92 Å². The molecule has 0 unspecified atom stereocenters. The zero-order valence-electron chi connectivity index (χ0n) is 17.8. The summed E-state index contributed by atoms with van der Waals surface area (Å²) in [5.74, 6) is 0.511. The Morgan fingerprint density at radius 1 is 1.03 bits per heavy atom. The number of aromatic amines is 1. The standard InChI is InChI=1S/C24H26N4O3S/c29-24(27-21-7-4-18(5-8-21)23-25-12-13-26-23)19-10-14-28(15-11-19)32(30,31)22-9-6-17-2-1-3-20(17)16-22/h4-9,12-13,16,19H,1-3,10-11,14-15H2,(H,25,26)(H,27,29). The molecule has 1 aromatic heterocycles. The number of nitrogens with one attached hydrogen (secondary N) is 2. The van der Waals surface area contributed by atoms with E-state index in [1.165, 1.54) is 9.87 Å². The average Bonchev–Trinajstić information content (AvgIpc) is 3.51. The van der Waals surface area contributed by atoms with Crippen LogP contribution in [0.4, 0.5) is 5.69 Å². The lowest BCUT2D eigenvalue weighted by Crippen LogP contribution is -2.41. The summed E-state index contributed by atoms with van der Waals surface area (Å²) in [6, 6.07) is 13.0. The Morgan fingerprint density at radius 3 is 2.50 bits per heavy atom. The molecule has 2 N–H and O–H groups in total. The molecule has 1 aliphatic heterocycles. The fourth-order valence-corrected chi connectivity index (χ4v) is 6.12. The molecular formula is C24H26N4O3S. The Kier molecular flexibility index (Phi) is 5.57. The van der Waals surface area contributed by atoms with Crippen molar-refractivity contribution in [2.75, 3.05) is 18.4 Å². The number of aryl methyl sites for hydroxylation is 2. The summed E-state index contributed by atoms with van der Waals surface area (Å²) in [5, 5.41) is 2.96. The molecular weight excluding hydrogens is 424 g/mol. The zero-order chi connectivity index (χ0) is 22.1. The van der Waals surface area contributed by atoms with Gasteiger partial charge < -0.3 is 10.3 Å². The molecule has 5 rings (SSSR count). The molecule has 0 bridgehead atoms. The number of nitrogens with zero attached hydrogens (tertiary/aromatic N) is 2. The Labute approximate surface area is 187 Å². The van der Waals surface area contributed by atoms with Crippen LogP contribution >= 0.6 is 0 Å². The first-order valence-electron chi connectivity index (χ1n) is 11.0. The molecule has 32 heavy (non-hydrogen) atoms. The molecule has 0 spiro atoms. The number of imidazole rings is 1. The molecule has 1 amide bonds. The van der Waals surface area contributed by atoms with Crippen LogP contribution in [0.2, 0.25) is 0 Å². The van der Waals surface area contributed by atoms with Crippen LogP contribution in [0.5, 0.6) is 0 Å². The number of sulfonamides is 1. The van der Waals surface area contributed by atoms with Crippen molar-refractivity contribution >= 4 is 21.6 Å². The Morgan fingerprint density at radius 2 is 1.78 bits per heavy atom. The van der Waals surface area contributed by atoms with Crippen molar-refractivity contribution in [1.82, 2.24) is 14.3 Å². The van der Waals surface area contributed by atoms with Crippen LogP contribution in [0.15, 0.2) is 59.8 Å². The molecule has 0 radical (unpaired) electrons. The van der Waals surface area contributed by atoms with Gasteiger partial charge in [-0.25, -0.2) is 13.4 Å². The fraction of sp³-hybridized carbons (Fsp3) is 0.333. The SMILES string of the molecule is O=C(Nc1ccc(-c2ncc[nH]2)cc1)C1CCN(S(=O)(=O)c2ccc3c(c2)CCC3)CC1. The van der Waals surface area contributed by atoms with E-state index in [1.807, 2.05) is 36.4 Å². The van der Waals surface area contributed by atoms with E-state index in [2.05, 4.69) is 15.3 Å². The minimum Gasteiger partial charge on any atom is -0.345 e. The maximum Gasteiger partial charge on any atom is 0.243 e. The Bertz CT molecular complexity index is 1210. The molecule has 2 aliphatic rings. The number of carbonyl (C=O) groups excluding carboxylic acids is 1. The molecule has 2 heterocycles. The third kappa shape index (κ3) is 4.08. The molecule has 2 aromatic carbocycles. The third-order valence-corrected chi connectivity index (χ3v) is 8.35. The van der Waals surface area contributed by atoms with E-state index in [0.29, 0.717) is 30.8 Å². The molecule has 1 aliphatic carbocycles. The van der Waals surface area contributed by atoms with Gasteiger partial charge in [0.25, 0.3) is 0 Å². The summed E-state index contributed by atoms with van der Waals surface area (Å²) in [4.78, 5) is 20.4. The lowest BCUT2D eigenvalue weighted by Gasteiger charge is -2.30. The van der Waals surface area contributed by atoms with Crippen molar-refractivity contribution < 1.29 is 13.2 Å². The molecule has 0 atom stereocenters. The number of H-pyrrole nitrogens is 1. The predicted molar refractivity (Wildman–Crippen MR) is 123 cm³/mol.